The zero-order valence-electron chi connectivity index (χ0n) is 6.84. The Morgan fingerprint density at radius 2 is 1.91 bits per heavy atom. The molecule has 0 heterocycles. The number of carbonyl (C=O) groups excluding carboxylic acids is 1. The quantitative estimate of drug-likeness (QED) is 0.585. The lowest BCUT2D eigenvalue weighted by Gasteiger charge is -2.26. The first-order valence-corrected chi connectivity index (χ1v) is 4.62. The van der Waals surface area contributed by atoms with Gasteiger partial charge in [-0.3, -0.25) is 4.79 Å². The third-order valence-electron chi connectivity index (χ3n) is 2.34. The van der Waals surface area contributed by atoms with Crippen LogP contribution in [0.15, 0.2) is 0 Å². The molecule has 1 saturated carbocycles. The summed E-state index contributed by atoms with van der Waals surface area (Å²) in [6.07, 6.45) is 4.71. The third kappa shape index (κ3) is 3.14. The van der Waals surface area contributed by atoms with E-state index in [9.17, 15) is 4.79 Å². The van der Waals surface area contributed by atoms with Crippen LogP contribution in [0.2, 0.25) is 0 Å². The molecule has 0 unspecified atom stereocenters. The summed E-state index contributed by atoms with van der Waals surface area (Å²) in [5.74, 6) is 0.836. The first-order chi connectivity index (χ1) is 5.18. The second-order valence-electron chi connectivity index (χ2n) is 3.41. The highest BCUT2D eigenvalue weighted by atomic mass is 32.1. The summed E-state index contributed by atoms with van der Waals surface area (Å²) in [6.45, 7) is 2.26. The molecule has 0 aliphatic heterocycles. The van der Waals surface area contributed by atoms with Gasteiger partial charge in [0.2, 0.25) is 0 Å². The summed E-state index contributed by atoms with van der Waals surface area (Å²) in [4.78, 5) is 10.5. The molecule has 1 aliphatic carbocycles. The van der Waals surface area contributed by atoms with E-state index < -0.39 is 0 Å². The van der Waals surface area contributed by atoms with Crippen LogP contribution < -0.4 is 5.32 Å². The van der Waals surface area contributed by atoms with E-state index in [0.29, 0.717) is 6.04 Å². The number of hydrogen-bond donors (Lipinski definition) is 2. The molecule has 1 N–H and O–H groups in total. The van der Waals surface area contributed by atoms with Gasteiger partial charge in [-0.05, 0) is 31.6 Å². The molecule has 0 spiro atoms. The van der Waals surface area contributed by atoms with Gasteiger partial charge in [-0.2, -0.15) is 0 Å². The van der Waals surface area contributed by atoms with Crippen molar-refractivity contribution in [3.63, 3.8) is 0 Å². The van der Waals surface area contributed by atoms with Gasteiger partial charge in [-0.15, -0.1) is 0 Å². The second kappa shape index (κ2) is 4.00. The molecular formula is C8H15NOS. The lowest BCUT2D eigenvalue weighted by molar-refractivity contribution is 0.248. The summed E-state index contributed by atoms with van der Waals surface area (Å²) in [7, 11) is 0. The van der Waals surface area contributed by atoms with Gasteiger partial charge < -0.3 is 5.32 Å². The molecule has 2 nitrogen and oxygen atoms in total. The van der Waals surface area contributed by atoms with Crippen molar-refractivity contribution < 1.29 is 4.79 Å². The largest absolute Gasteiger partial charge is 0.344 e. The van der Waals surface area contributed by atoms with E-state index >= 15 is 0 Å². The van der Waals surface area contributed by atoms with Crippen LogP contribution in [-0.2, 0) is 0 Å². The minimum absolute atomic E-state index is 0.190. The normalized spacial score (nSPS) is 31.5. The van der Waals surface area contributed by atoms with Gasteiger partial charge in [-0.25, -0.2) is 0 Å². The predicted molar refractivity (Wildman–Crippen MR) is 48.9 cm³/mol. The average molecular weight is 173 g/mol. The number of hydrogen-bond acceptors (Lipinski definition) is 1. The second-order valence-corrected chi connectivity index (χ2v) is 3.81. The van der Waals surface area contributed by atoms with E-state index in [-0.39, 0.29) is 5.24 Å². The van der Waals surface area contributed by atoms with Gasteiger partial charge in [0.25, 0.3) is 5.24 Å². The van der Waals surface area contributed by atoms with Crippen LogP contribution in [0.1, 0.15) is 32.6 Å². The van der Waals surface area contributed by atoms with Crippen molar-refractivity contribution >= 4 is 17.9 Å². The number of amides is 1. The molecule has 0 saturated heterocycles. The highest BCUT2D eigenvalue weighted by Crippen LogP contribution is 2.23. The average Bonchev–Trinajstić information content (AvgIpc) is 1.93. The third-order valence-corrected chi connectivity index (χ3v) is 2.47. The molecule has 0 radical (unpaired) electrons. The van der Waals surface area contributed by atoms with E-state index in [4.69, 9.17) is 0 Å². The smallest absolute Gasteiger partial charge is 0.276 e. The number of thiol groups is 1. The standard InChI is InChI=1S/C8H15NOS/c1-6-2-4-7(5-3-6)9-8(10)11/h6-7H,2-5H2,1H3,(H2,9,10,11). The molecule has 1 aliphatic rings. The summed E-state index contributed by atoms with van der Waals surface area (Å²) < 4.78 is 0. The van der Waals surface area contributed by atoms with Crippen LogP contribution in [0, 0.1) is 5.92 Å². The van der Waals surface area contributed by atoms with Crippen LogP contribution in [-0.4, -0.2) is 11.3 Å². The molecule has 1 fully saturated rings. The van der Waals surface area contributed by atoms with Gasteiger partial charge in [0.05, 0.1) is 0 Å². The Labute approximate surface area is 73.2 Å². The molecule has 0 atom stereocenters. The highest BCUT2D eigenvalue weighted by Gasteiger charge is 2.18. The van der Waals surface area contributed by atoms with Crippen molar-refractivity contribution in [3.8, 4) is 0 Å². The number of nitrogens with one attached hydrogen (secondary N) is 1. The summed E-state index contributed by atoms with van der Waals surface area (Å²) in [5, 5.41) is 2.64. The van der Waals surface area contributed by atoms with E-state index in [1.54, 1.807) is 0 Å². The van der Waals surface area contributed by atoms with Crippen LogP contribution in [0.5, 0.6) is 0 Å². The fourth-order valence-corrected chi connectivity index (χ4v) is 1.76. The Kier molecular flexibility index (Phi) is 3.24. The lowest BCUT2D eigenvalue weighted by atomic mass is 9.87. The summed E-state index contributed by atoms with van der Waals surface area (Å²) >= 11 is 3.68. The van der Waals surface area contributed by atoms with Gasteiger partial charge in [0.1, 0.15) is 0 Å². The van der Waals surface area contributed by atoms with Crippen molar-refractivity contribution in [1.29, 1.82) is 0 Å². The molecule has 64 valence electrons. The lowest BCUT2D eigenvalue weighted by Crippen LogP contribution is -2.34. The van der Waals surface area contributed by atoms with Gasteiger partial charge in [0.15, 0.2) is 0 Å². The summed E-state index contributed by atoms with van der Waals surface area (Å²) in [5.41, 5.74) is 0. The molecule has 11 heavy (non-hydrogen) atoms. The molecule has 1 rings (SSSR count). The Hall–Kier alpha value is -0.180. The molecule has 0 bridgehead atoms. The van der Waals surface area contributed by atoms with E-state index in [0.717, 1.165) is 18.8 Å². The Balaban J connectivity index is 2.22. The van der Waals surface area contributed by atoms with Crippen LogP contribution in [0.3, 0.4) is 0 Å². The topological polar surface area (TPSA) is 29.1 Å². The monoisotopic (exact) mass is 173 g/mol. The van der Waals surface area contributed by atoms with Crippen LogP contribution >= 0.6 is 12.6 Å². The first kappa shape index (κ1) is 8.91. The van der Waals surface area contributed by atoms with Gasteiger partial charge in [-0.1, -0.05) is 19.6 Å². The van der Waals surface area contributed by atoms with Crippen molar-refractivity contribution in [2.24, 2.45) is 5.92 Å². The predicted octanol–water partition coefficient (Wildman–Crippen LogP) is 2.20. The molecule has 3 heteroatoms. The zero-order chi connectivity index (χ0) is 8.27. The molecule has 0 aromatic heterocycles. The maximum atomic E-state index is 10.5. The molecule has 0 aromatic rings. The minimum atomic E-state index is -0.190. The van der Waals surface area contributed by atoms with Gasteiger partial charge in [0, 0.05) is 6.04 Å². The Morgan fingerprint density at radius 3 is 2.36 bits per heavy atom. The Bertz CT molecular complexity index is 141. The molecular weight excluding hydrogens is 158 g/mol. The number of rotatable bonds is 1. The molecule has 1 amide bonds. The van der Waals surface area contributed by atoms with Crippen molar-refractivity contribution in [2.75, 3.05) is 0 Å². The minimum Gasteiger partial charge on any atom is -0.344 e. The van der Waals surface area contributed by atoms with Crippen molar-refractivity contribution in [3.05, 3.63) is 0 Å². The van der Waals surface area contributed by atoms with Crippen molar-refractivity contribution in [2.45, 2.75) is 38.6 Å². The van der Waals surface area contributed by atoms with Crippen LogP contribution in [0.4, 0.5) is 4.79 Å². The Morgan fingerprint density at radius 1 is 1.36 bits per heavy atom. The summed E-state index contributed by atoms with van der Waals surface area (Å²) in [6, 6.07) is 0.385. The van der Waals surface area contributed by atoms with E-state index in [1.807, 2.05) is 0 Å². The SMILES string of the molecule is CC1CCC(NC(=O)S)CC1. The molecule has 0 aromatic carbocycles. The zero-order valence-corrected chi connectivity index (χ0v) is 7.73. The maximum Gasteiger partial charge on any atom is 0.276 e. The number of carbonyl (C=O) groups is 1. The first-order valence-electron chi connectivity index (χ1n) is 4.18. The fourth-order valence-electron chi connectivity index (χ4n) is 1.58. The van der Waals surface area contributed by atoms with Crippen LogP contribution in [0.25, 0.3) is 0 Å². The van der Waals surface area contributed by atoms with Crippen molar-refractivity contribution in [1.82, 2.24) is 5.32 Å². The highest BCUT2D eigenvalue weighted by molar-refractivity contribution is 7.96. The maximum absolute atomic E-state index is 10.5. The fraction of sp³-hybridized carbons (Fsp3) is 0.875. The van der Waals surface area contributed by atoms with Gasteiger partial charge >= 0.3 is 0 Å². The van der Waals surface area contributed by atoms with E-state index in [2.05, 4.69) is 24.9 Å². The van der Waals surface area contributed by atoms with E-state index in [1.165, 1.54) is 12.8 Å².